The van der Waals surface area contributed by atoms with Gasteiger partial charge in [-0.1, -0.05) is 24.3 Å². The summed E-state index contributed by atoms with van der Waals surface area (Å²) in [5.41, 5.74) is 1.33. The van der Waals surface area contributed by atoms with Gasteiger partial charge in [-0.05, 0) is 18.2 Å². The molecule has 0 saturated heterocycles. The second kappa shape index (κ2) is 2.58. The van der Waals surface area contributed by atoms with E-state index in [0.717, 1.165) is 11.0 Å². The molecule has 1 heterocycles. The van der Waals surface area contributed by atoms with E-state index in [1.165, 1.54) is 6.07 Å². The molecule has 0 spiro atoms. The maximum Gasteiger partial charge on any atom is 0.138 e. The summed E-state index contributed by atoms with van der Waals surface area (Å²) in [6.07, 6.45) is 0. The van der Waals surface area contributed by atoms with Crippen molar-refractivity contribution in [2.24, 2.45) is 0 Å². The van der Waals surface area contributed by atoms with Crippen LogP contribution in [0.25, 0.3) is 21.9 Å². The Morgan fingerprint density at radius 3 is 2.57 bits per heavy atom. The SMILES string of the molecule is Fc1cccc2oc3ccccc3c12. The van der Waals surface area contributed by atoms with Crippen molar-refractivity contribution in [2.75, 3.05) is 0 Å². The number of hydrogen-bond acceptors (Lipinski definition) is 1. The van der Waals surface area contributed by atoms with Crippen molar-refractivity contribution < 1.29 is 8.81 Å². The fourth-order valence-corrected chi connectivity index (χ4v) is 1.73. The van der Waals surface area contributed by atoms with Crippen molar-refractivity contribution >= 4 is 21.9 Å². The quantitative estimate of drug-likeness (QED) is 0.521. The highest BCUT2D eigenvalue weighted by Crippen LogP contribution is 2.29. The van der Waals surface area contributed by atoms with E-state index in [4.69, 9.17) is 4.42 Å². The summed E-state index contributed by atoms with van der Waals surface area (Å²) in [6.45, 7) is 0. The molecule has 0 bridgehead atoms. The van der Waals surface area contributed by atoms with E-state index in [0.29, 0.717) is 11.0 Å². The van der Waals surface area contributed by atoms with Gasteiger partial charge in [0.2, 0.25) is 0 Å². The van der Waals surface area contributed by atoms with Crippen molar-refractivity contribution in [3.8, 4) is 0 Å². The van der Waals surface area contributed by atoms with Gasteiger partial charge in [0.25, 0.3) is 0 Å². The summed E-state index contributed by atoms with van der Waals surface area (Å²) in [4.78, 5) is 0. The topological polar surface area (TPSA) is 13.1 Å². The Kier molecular flexibility index (Phi) is 1.39. The molecule has 1 nitrogen and oxygen atoms in total. The van der Waals surface area contributed by atoms with E-state index in [1.807, 2.05) is 24.3 Å². The molecule has 0 aliphatic rings. The minimum atomic E-state index is -0.229. The third kappa shape index (κ3) is 0.880. The molecule has 68 valence electrons. The highest BCUT2D eigenvalue weighted by Gasteiger charge is 2.09. The van der Waals surface area contributed by atoms with Gasteiger partial charge in [-0.25, -0.2) is 4.39 Å². The van der Waals surface area contributed by atoms with Gasteiger partial charge in [0.05, 0.1) is 5.39 Å². The minimum Gasteiger partial charge on any atom is -0.456 e. The monoisotopic (exact) mass is 186 g/mol. The first-order valence-electron chi connectivity index (χ1n) is 4.42. The predicted octanol–water partition coefficient (Wildman–Crippen LogP) is 3.73. The van der Waals surface area contributed by atoms with Crippen LogP contribution in [-0.2, 0) is 0 Å². The zero-order valence-electron chi connectivity index (χ0n) is 7.33. The molecule has 0 aliphatic carbocycles. The third-order valence-corrected chi connectivity index (χ3v) is 2.35. The smallest absolute Gasteiger partial charge is 0.138 e. The van der Waals surface area contributed by atoms with Gasteiger partial charge in [0.15, 0.2) is 0 Å². The second-order valence-electron chi connectivity index (χ2n) is 3.21. The molecule has 0 saturated carbocycles. The Morgan fingerprint density at radius 1 is 0.857 bits per heavy atom. The molecule has 2 heteroatoms. The van der Waals surface area contributed by atoms with Crippen LogP contribution in [0.5, 0.6) is 0 Å². The van der Waals surface area contributed by atoms with Gasteiger partial charge < -0.3 is 4.42 Å². The molecule has 1 aromatic heterocycles. The lowest BCUT2D eigenvalue weighted by Crippen LogP contribution is -1.73. The molecule has 3 rings (SSSR count). The largest absolute Gasteiger partial charge is 0.456 e. The second-order valence-corrected chi connectivity index (χ2v) is 3.21. The van der Waals surface area contributed by atoms with Gasteiger partial charge in [0.1, 0.15) is 17.0 Å². The van der Waals surface area contributed by atoms with Crippen molar-refractivity contribution in [1.29, 1.82) is 0 Å². The maximum atomic E-state index is 13.5. The number of furan rings is 1. The number of halogens is 1. The lowest BCUT2D eigenvalue weighted by atomic mass is 10.1. The average molecular weight is 186 g/mol. The zero-order valence-corrected chi connectivity index (χ0v) is 7.33. The molecule has 2 aromatic carbocycles. The van der Waals surface area contributed by atoms with Gasteiger partial charge in [-0.2, -0.15) is 0 Å². The summed E-state index contributed by atoms with van der Waals surface area (Å²) in [6, 6.07) is 12.3. The summed E-state index contributed by atoms with van der Waals surface area (Å²) < 4.78 is 19.0. The molecule has 0 N–H and O–H groups in total. The molecule has 0 fully saturated rings. The molecule has 0 atom stereocenters. The van der Waals surface area contributed by atoms with Crippen LogP contribution < -0.4 is 0 Å². The molecular weight excluding hydrogens is 179 g/mol. The Morgan fingerprint density at radius 2 is 1.64 bits per heavy atom. The predicted molar refractivity (Wildman–Crippen MR) is 53.7 cm³/mol. The first kappa shape index (κ1) is 7.56. The van der Waals surface area contributed by atoms with E-state index in [2.05, 4.69) is 0 Å². The molecule has 3 aromatic rings. The maximum absolute atomic E-state index is 13.5. The van der Waals surface area contributed by atoms with Crippen molar-refractivity contribution in [3.05, 3.63) is 48.3 Å². The van der Waals surface area contributed by atoms with Crippen molar-refractivity contribution in [1.82, 2.24) is 0 Å². The Bertz CT molecular complexity index is 610. The minimum absolute atomic E-state index is 0.229. The van der Waals surface area contributed by atoms with Crippen LogP contribution >= 0.6 is 0 Å². The first-order valence-corrected chi connectivity index (χ1v) is 4.42. The van der Waals surface area contributed by atoms with Crippen LogP contribution in [0.1, 0.15) is 0 Å². The standard InChI is InChI=1S/C12H7FO/c13-9-5-3-7-11-12(9)8-4-1-2-6-10(8)14-11/h1-7H. The summed E-state index contributed by atoms with van der Waals surface area (Å²) in [5, 5.41) is 1.41. The highest BCUT2D eigenvalue weighted by atomic mass is 19.1. The summed E-state index contributed by atoms with van der Waals surface area (Å²) in [5.74, 6) is -0.229. The number of fused-ring (bicyclic) bond motifs is 3. The van der Waals surface area contributed by atoms with Crippen molar-refractivity contribution in [2.45, 2.75) is 0 Å². The fraction of sp³-hybridized carbons (Fsp3) is 0. The first-order chi connectivity index (χ1) is 6.86. The number of benzene rings is 2. The molecule has 0 amide bonds. The van der Waals surface area contributed by atoms with E-state index in [-0.39, 0.29) is 5.82 Å². The molecule has 14 heavy (non-hydrogen) atoms. The van der Waals surface area contributed by atoms with E-state index < -0.39 is 0 Å². The average Bonchev–Trinajstić information content (AvgIpc) is 2.57. The Hall–Kier alpha value is -1.83. The van der Waals surface area contributed by atoms with Gasteiger partial charge in [-0.15, -0.1) is 0 Å². The van der Waals surface area contributed by atoms with E-state index in [1.54, 1.807) is 12.1 Å². The van der Waals surface area contributed by atoms with Crippen molar-refractivity contribution in [3.63, 3.8) is 0 Å². The number of hydrogen-bond donors (Lipinski definition) is 0. The van der Waals surface area contributed by atoms with Crippen LogP contribution in [-0.4, -0.2) is 0 Å². The summed E-state index contributed by atoms with van der Waals surface area (Å²) >= 11 is 0. The highest BCUT2D eigenvalue weighted by molar-refractivity contribution is 6.04. The van der Waals surface area contributed by atoms with Crippen LogP contribution in [0.2, 0.25) is 0 Å². The van der Waals surface area contributed by atoms with Gasteiger partial charge in [-0.3, -0.25) is 0 Å². The molecule has 0 unspecified atom stereocenters. The fourth-order valence-electron chi connectivity index (χ4n) is 1.73. The zero-order chi connectivity index (χ0) is 9.54. The van der Waals surface area contributed by atoms with E-state index in [9.17, 15) is 4.39 Å². The Balaban J connectivity index is 2.65. The van der Waals surface area contributed by atoms with Crippen LogP contribution in [0.4, 0.5) is 4.39 Å². The molecule has 0 radical (unpaired) electrons. The van der Waals surface area contributed by atoms with Crippen LogP contribution in [0.3, 0.4) is 0 Å². The summed E-state index contributed by atoms with van der Waals surface area (Å²) in [7, 11) is 0. The molecule has 0 aliphatic heterocycles. The van der Waals surface area contributed by atoms with Crippen LogP contribution in [0, 0.1) is 5.82 Å². The van der Waals surface area contributed by atoms with E-state index >= 15 is 0 Å². The van der Waals surface area contributed by atoms with Crippen LogP contribution in [0.15, 0.2) is 46.9 Å². The van der Waals surface area contributed by atoms with Gasteiger partial charge >= 0.3 is 0 Å². The number of rotatable bonds is 0. The molecular formula is C12H7FO. The Labute approximate surface area is 79.8 Å². The normalized spacial score (nSPS) is 11.2. The third-order valence-electron chi connectivity index (χ3n) is 2.35. The van der Waals surface area contributed by atoms with Gasteiger partial charge in [0, 0.05) is 5.39 Å². The lowest BCUT2D eigenvalue weighted by Gasteiger charge is -1.89. The lowest BCUT2D eigenvalue weighted by molar-refractivity contribution is 0.634. The number of para-hydroxylation sites is 1.